The smallest absolute Gasteiger partial charge is 0.361 e. The summed E-state index contributed by atoms with van der Waals surface area (Å²) in [6, 6.07) is 7.34. The van der Waals surface area contributed by atoms with Crippen LogP contribution in [0, 0.1) is 3.57 Å². The molecule has 1 heterocycles. The third-order valence-corrected chi connectivity index (χ3v) is 3.41. The quantitative estimate of drug-likeness (QED) is 0.565. The molecule has 8 heteroatoms. The molecule has 0 amide bonds. The first-order valence-corrected chi connectivity index (χ1v) is 7.24. The number of ether oxygens (including phenoxy) is 1. The molecule has 0 aliphatic heterocycles. The highest BCUT2D eigenvalue weighted by Gasteiger charge is 2.27. The number of carbonyl (C=O) groups excluding carboxylic acids is 1. The van der Waals surface area contributed by atoms with Gasteiger partial charge in [0.25, 0.3) is 6.43 Å². The van der Waals surface area contributed by atoms with Gasteiger partial charge in [0.1, 0.15) is 5.69 Å². The number of aromatic nitrogens is 3. The fourth-order valence-corrected chi connectivity index (χ4v) is 2.12. The summed E-state index contributed by atoms with van der Waals surface area (Å²) in [4.78, 5) is 11.6. The van der Waals surface area contributed by atoms with E-state index in [1.54, 1.807) is 6.92 Å². The van der Waals surface area contributed by atoms with Gasteiger partial charge in [0.2, 0.25) is 0 Å². The maximum Gasteiger partial charge on any atom is 0.361 e. The van der Waals surface area contributed by atoms with Gasteiger partial charge in [0.05, 0.1) is 13.2 Å². The number of alkyl halides is 2. The number of carbonyl (C=O) groups is 1. The van der Waals surface area contributed by atoms with E-state index in [2.05, 4.69) is 32.9 Å². The van der Waals surface area contributed by atoms with Crippen molar-refractivity contribution in [3.63, 3.8) is 0 Å². The molecule has 0 atom stereocenters. The van der Waals surface area contributed by atoms with Gasteiger partial charge in [-0.15, -0.1) is 5.10 Å². The SMILES string of the molecule is CCOC(=O)c1nnn(Cc2ccc(I)cc2)c1C(F)F. The van der Waals surface area contributed by atoms with Gasteiger partial charge in [0.15, 0.2) is 5.69 Å². The molecule has 0 spiro atoms. The monoisotopic (exact) mass is 407 g/mol. The zero-order valence-corrected chi connectivity index (χ0v) is 13.3. The predicted molar refractivity (Wildman–Crippen MR) is 79.2 cm³/mol. The molecule has 0 saturated carbocycles. The Labute approximate surface area is 133 Å². The number of halogens is 3. The standard InChI is InChI=1S/C13H12F2IN3O2/c1-2-21-13(20)10-11(12(14)15)19(18-17-10)7-8-3-5-9(16)6-4-8/h3-6,12H,2,7H2,1H3. The fraction of sp³-hybridized carbons (Fsp3) is 0.308. The highest BCUT2D eigenvalue weighted by atomic mass is 127. The lowest BCUT2D eigenvalue weighted by Gasteiger charge is -2.07. The molecule has 21 heavy (non-hydrogen) atoms. The molecule has 2 aromatic rings. The van der Waals surface area contributed by atoms with Crippen LogP contribution in [-0.2, 0) is 11.3 Å². The van der Waals surface area contributed by atoms with Crippen molar-refractivity contribution in [1.29, 1.82) is 0 Å². The summed E-state index contributed by atoms with van der Waals surface area (Å²) >= 11 is 2.15. The van der Waals surface area contributed by atoms with Crippen molar-refractivity contribution in [1.82, 2.24) is 15.0 Å². The van der Waals surface area contributed by atoms with Crippen molar-refractivity contribution in [3.8, 4) is 0 Å². The fourth-order valence-electron chi connectivity index (χ4n) is 1.76. The van der Waals surface area contributed by atoms with E-state index in [0.717, 1.165) is 13.8 Å². The second-order valence-corrected chi connectivity index (χ2v) is 5.37. The lowest BCUT2D eigenvalue weighted by Crippen LogP contribution is -2.12. The number of esters is 1. The van der Waals surface area contributed by atoms with Crippen LogP contribution in [-0.4, -0.2) is 27.6 Å². The van der Waals surface area contributed by atoms with E-state index >= 15 is 0 Å². The maximum absolute atomic E-state index is 13.2. The second kappa shape index (κ2) is 6.92. The van der Waals surface area contributed by atoms with Gasteiger partial charge in [-0.3, -0.25) is 0 Å². The van der Waals surface area contributed by atoms with E-state index in [1.807, 2.05) is 24.3 Å². The van der Waals surface area contributed by atoms with Gasteiger partial charge < -0.3 is 4.74 Å². The Hall–Kier alpha value is -1.58. The van der Waals surface area contributed by atoms with Gasteiger partial charge in [0, 0.05) is 3.57 Å². The summed E-state index contributed by atoms with van der Waals surface area (Å²) in [6.45, 7) is 1.80. The predicted octanol–water partition coefficient (Wildman–Crippen LogP) is 3.05. The molecule has 0 radical (unpaired) electrons. The molecule has 1 aromatic carbocycles. The first-order chi connectivity index (χ1) is 10.0. The summed E-state index contributed by atoms with van der Waals surface area (Å²) < 4.78 is 33.1. The minimum atomic E-state index is -2.86. The van der Waals surface area contributed by atoms with E-state index < -0.39 is 23.8 Å². The van der Waals surface area contributed by atoms with Crippen molar-refractivity contribution in [2.24, 2.45) is 0 Å². The lowest BCUT2D eigenvalue weighted by molar-refractivity contribution is 0.0506. The van der Waals surface area contributed by atoms with Crippen LogP contribution in [0.1, 0.15) is 35.1 Å². The van der Waals surface area contributed by atoms with Crippen LogP contribution in [0.3, 0.4) is 0 Å². The van der Waals surface area contributed by atoms with Gasteiger partial charge in [-0.2, -0.15) is 0 Å². The molecule has 0 saturated heterocycles. The summed E-state index contributed by atoms with van der Waals surface area (Å²) in [5.41, 5.74) is -0.165. The third kappa shape index (κ3) is 3.74. The number of hydrogen-bond acceptors (Lipinski definition) is 4. The molecule has 0 N–H and O–H groups in total. The molecule has 5 nitrogen and oxygen atoms in total. The lowest BCUT2D eigenvalue weighted by atomic mass is 10.2. The molecule has 0 unspecified atom stereocenters. The van der Waals surface area contributed by atoms with Gasteiger partial charge in [-0.25, -0.2) is 18.3 Å². The Morgan fingerprint density at radius 3 is 2.62 bits per heavy atom. The Kier molecular flexibility index (Phi) is 5.21. The summed E-state index contributed by atoms with van der Waals surface area (Å²) in [7, 11) is 0. The zero-order chi connectivity index (χ0) is 15.4. The third-order valence-electron chi connectivity index (χ3n) is 2.69. The van der Waals surface area contributed by atoms with Crippen LogP contribution in [0.2, 0.25) is 0 Å². The maximum atomic E-state index is 13.2. The van der Waals surface area contributed by atoms with Crippen molar-refractivity contribution in [2.75, 3.05) is 6.61 Å². The Balaban J connectivity index is 2.31. The normalized spacial score (nSPS) is 10.9. The highest BCUT2D eigenvalue weighted by molar-refractivity contribution is 14.1. The van der Waals surface area contributed by atoms with Gasteiger partial charge >= 0.3 is 5.97 Å². The van der Waals surface area contributed by atoms with Crippen molar-refractivity contribution in [3.05, 3.63) is 44.8 Å². The molecular weight excluding hydrogens is 395 g/mol. The molecule has 0 aliphatic rings. The second-order valence-electron chi connectivity index (χ2n) is 4.13. The van der Waals surface area contributed by atoms with Crippen LogP contribution in [0.4, 0.5) is 8.78 Å². The van der Waals surface area contributed by atoms with Gasteiger partial charge in [-0.05, 0) is 47.2 Å². The van der Waals surface area contributed by atoms with Crippen molar-refractivity contribution in [2.45, 2.75) is 19.9 Å². The molecule has 112 valence electrons. The summed E-state index contributed by atoms with van der Waals surface area (Å²) in [5, 5.41) is 7.17. The summed E-state index contributed by atoms with van der Waals surface area (Å²) in [6.07, 6.45) is -2.86. The van der Waals surface area contributed by atoms with E-state index in [0.29, 0.717) is 0 Å². The first kappa shape index (κ1) is 15.8. The molecule has 0 bridgehead atoms. The average Bonchev–Trinajstić information content (AvgIpc) is 2.85. The molecular formula is C13H12F2IN3O2. The van der Waals surface area contributed by atoms with Crippen LogP contribution >= 0.6 is 22.6 Å². The zero-order valence-electron chi connectivity index (χ0n) is 11.1. The van der Waals surface area contributed by atoms with Crippen LogP contribution in [0.25, 0.3) is 0 Å². The molecule has 1 aromatic heterocycles. The minimum Gasteiger partial charge on any atom is -0.461 e. The van der Waals surface area contributed by atoms with Crippen LogP contribution in [0.15, 0.2) is 24.3 Å². The Morgan fingerprint density at radius 2 is 2.05 bits per heavy atom. The number of hydrogen-bond donors (Lipinski definition) is 0. The van der Waals surface area contributed by atoms with E-state index in [4.69, 9.17) is 4.74 Å². The highest BCUT2D eigenvalue weighted by Crippen LogP contribution is 2.23. The molecule has 0 aliphatic carbocycles. The Bertz CT molecular complexity index is 629. The van der Waals surface area contributed by atoms with E-state index in [1.165, 1.54) is 0 Å². The van der Waals surface area contributed by atoms with Crippen LogP contribution in [0.5, 0.6) is 0 Å². The topological polar surface area (TPSA) is 57.0 Å². The number of benzene rings is 1. The minimum absolute atomic E-state index is 0.0888. The van der Waals surface area contributed by atoms with E-state index in [-0.39, 0.29) is 13.2 Å². The van der Waals surface area contributed by atoms with E-state index in [9.17, 15) is 13.6 Å². The first-order valence-electron chi connectivity index (χ1n) is 6.16. The van der Waals surface area contributed by atoms with Crippen LogP contribution < -0.4 is 0 Å². The largest absolute Gasteiger partial charge is 0.461 e. The number of nitrogens with zero attached hydrogens (tertiary/aromatic N) is 3. The number of rotatable bonds is 5. The average molecular weight is 407 g/mol. The summed E-state index contributed by atoms with van der Waals surface area (Å²) in [5.74, 6) is -0.887. The van der Waals surface area contributed by atoms with Gasteiger partial charge in [-0.1, -0.05) is 17.3 Å². The molecule has 2 rings (SSSR count). The Morgan fingerprint density at radius 1 is 1.38 bits per heavy atom. The van der Waals surface area contributed by atoms with Crippen molar-refractivity contribution < 1.29 is 18.3 Å². The van der Waals surface area contributed by atoms with Crippen molar-refractivity contribution >= 4 is 28.6 Å². The molecule has 0 fully saturated rings.